The highest BCUT2D eigenvalue weighted by Crippen LogP contribution is 2.27. The molecular weight excluding hydrogens is 312 g/mol. The van der Waals surface area contributed by atoms with Crippen molar-refractivity contribution in [1.29, 1.82) is 0 Å². The van der Waals surface area contributed by atoms with E-state index in [1.807, 2.05) is 31.1 Å². The summed E-state index contributed by atoms with van der Waals surface area (Å²) in [5, 5.41) is 3.66. The second-order valence-electron chi connectivity index (χ2n) is 5.73. The SMILES string of the molecule is COc1cc(C(=O)N2CCC(Oc3cccnc3N(C)C)C2)on1. The van der Waals surface area contributed by atoms with Crippen LogP contribution < -0.4 is 14.4 Å². The van der Waals surface area contributed by atoms with Crippen molar-refractivity contribution in [2.45, 2.75) is 12.5 Å². The number of amides is 1. The van der Waals surface area contributed by atoms with E-state index in [4.69, 9.17) is 14.0 Å². The van der Waals surface area contributed by atoms with E-state index < -0.39 is 0 Å². The number of anilines is 1. The van der Waals surface area contributed by atoms with Gasteiger partial charge >= 0.3 is 0 Å². The Kier molecular flexibility index (Phi) is 4.54. The Morgan fingerprint density at radius 2 is 2.29 bits per heavy atom. The van der Waals surface area contributed by atoms with E-state index in [0.29, 0.717) is 18.8 Å². The number of ether oxygens (including phenoxy) is 2. The summed E-state index contributed by atoms with van der Waals surface area (Å²) < 4.78 is 16.0. The Hall–Kier alpha value is -2.77. The number of rotatable bonds is 5. The maximum atomic E-state index is 12.4. The Bertz CT molecular complexity index is 716. The van der Waals surface area contributed by atoms with Crippen LogP contribution in [0.15, 0.2) is 28.9 Å². The molecule has 128 valence electrons. The fourth-order valence-electron chi connectivity index (χ4n) is 2.61. The Labute approximate surface area is 139 Å². The van der Waals surface area contributed by atoms with Crippen molar-refractivity contribution >= 4 is 11.7 Å². The van der Waals surface area contributed by atoms with E-state index in [1.54, 1.807) is 11.1 Å². The lowest BCUT2D eigenvalue weighted by atomic mass is 10.3. The molecule has 0 aromatic carbocycles. The zero-order valence-electron chi connectivity index (χ0n) is 13.9. The van der Waals surface area contributed by atoms with Crippen LogP contribution in [0.25, 0.3) is 0 Å². The first-order valence-electron chi connectivity index (χ1n) is 7.67. The van der Waals surface area contributed by atoms with Gasteiger partial charge in [-0.15, -0.1) is 0 Å². The third-order valence-corrected chi connectivity index (χ3v) is 3.81. The average molecular weight is 332 g/mol. The van der Waals surface area contributed by atoms with Crippen LogP contribution in [0.2, 0.25) is 0 Å². The lowest BCUT2D eigenvalue weighted by Crippen LogP contribution is -2.30. The lowest BCUT2D eigenvalue weighted by molar-refractivity contribution is 0.0731. The highest BCUT2D eigenvalue weighted by atomic mass is 16.5. The first kappa shape index (κ1) is 16.1. The molecule has 1 unspecified atom stereocenters. The number of carbonyl (C=O) groups excluding carboxylic acids is 1. The van der Waals surface area contributed by atoms with E-state index in [9.17, 15) is 4.79 Å². The third-order valence-electron chi connectivity index (χ3n) is 3.81. The number of pyridine rings is 1. The van der Waals surface area contributed by atoms with Gasteiger partial charge in [-0.25, -0.2) is 4.98 Å². The number of hydrogen-bond acceptors (Lipinski definition) is 7. The van der Waals surface area contributed by atoms with Gasteiger partial charge in [0.05, 0.1) is 19.7 Å². The normalized spacial score (nSPS) is 17.0. The molecule has 2 aromatic rings. The summed E-state index contributed by atoms with van der Waals surface area (Å²) in [5.41, 5.74) is 0. The van der Waals surface area contributed by atoms with Crippen molar-refractivity contribution in [1.82, 2.24) is 15.0 Å². The Balaban J connectivity index is 1.64. The number of nitrogens with zero attached hydrogens (tertiary/aromatic N) is 4. The molecule has 1 amide bonds. The number of likely N-dealkylation sites (tertiary alicyclic amines) is 1. The van der Waals surface area contributed by atoms with Gasteiger partial charge in [-0.1, -0.05) is 0 Å². The molecule has 1 aliphatic heterocycles. The summed E-state index contributed by atoms with van der Waals surface area (Å²) in [4.78, 5) is 20.3. The fourth-order valence-corrected chi connectivity index (χ4v) is 2.61. The van der Waals surface area contributed by atoms with Crippen molar-refractivity contribution in [2.75, 3.05) is 39.2 Å². The molecule has 0 radical (unpaired) electrons. The molecule has 1 fully saturated rings. The number of aromatic nitrogens is 2. The van der Waals surface area contributed by atoms with Crippen LogP contribution >= 0.6 is 0 Å². The second kappa shape index (κ2) is 6.77. The summed E-state index contributed by atoms with van der Waals surface area (Å²) in [6.45, 7) is 1.09. The van der Waals surface area contributed by atoms with Gasteiger partial charge in [0.15, 0.2) is 11.6 Å². The molecule has 24 heavy (non-hydrogen) atoms. The molecule has 0 aliphatic carbocycles. The number of hydrogen-bond donors (Lipinski definition) is 0. The first-order valence-corrected chi connectivity index (χ1v) is 7.67. The molecule has 0 spiro atoms. The molecule has 0 saturated carbocycles. The third kappa shape index (κ3) is 3.27. The molecule has 0 N–H and O–H groups in total. The number of methoxy groups -OCH3 is 1. The summed E-state index contributed by atoms with van der Waals surface area (Å²) >= 11 is 0. The molecule has 3 heterocycles. The highest BCUT2D eigenvalue weighted by molar-refractivity contribution is 5.91. The minimum Gasteiger partial charge on any atom is -0.485 e. The molecule has 2 aromatic heterocycles. The average Bonchev–Trinajstić information content (AvgIpc) is 3.23. The van der Waals surface area contributed by atoms with Crippen LogP contribution in [-0.4, -0.2) is 61.3 Å². The van der Waals surface area contributed by atoms with Gasteiger partial charge in [-0.3, -0.25) is 4.79 Å². The fraction of sp³-hybridized carbons (Fsp3) is 0.438. The molecular formula is C16H20N4O4. The zero-order chi connectivity index (χ0) is 17.1. The van der Waals surface area contributed by atoms with Crippen LogP contribution in [-0.2, 0) is 0 Å². The van der Waals surface area contributed by atoms with E-state index in [-0.39, 0.29) is 23.7 Å². The van der Waals surface area contributed by atoms with Gasteiger partial charge in [-0.2, -0.15) is 0 Å². The van der Waals surface area contributed by atoms with Gasteiger partial charge in [0.1, 0.15) is 6.10 Å². The predicted molar refractivity (Wildman–Crippen MR) is 86.6 cm³/mol. The number of carbonyl (C=O) groups is 1. The topological polar surface area (TPSA) is 80.9 Å². The zero-order valence-corrected chi connectivity index (χ0v) is 13.9. The van der Waals surface area contributed by atoms with Crippen molar-refractivity contribution in [3.63, 3.8) is 0 Å². The highest BCUT2D eigenvalue weighted by Gasteiger charge is 2.31. The van der Waals surface area contributed by atoms with E-state index in [1.165, 1.54) is 13.2 Å². The lowest BCUT2D eigenvalue weighted by Gasteiger charge is -2.20. The standard InChI is InChI=1S/C16H20N4O4/c1-19(2)15-12(5-4-7-17-15)23-11-6-8-20(10-11)16(21)13-9-14(22-3)18-24-13/h4-5,7,9,11H,6,8,10H2,1-3H3. The van der Waals surface area contributed by atoms with Crippen LogP contribution in [0.1, 0.15) is 17.0 Å². The molecule has 1 saturated heterocycles. The summed E-state index contributed by atoms with van der Waals surface area (Å²) in [6, 6.07) is 5.21. The summed E-state index contributed by atoms with van der Waals surface area (Å²) in [6.07, 6.45) is 2.39. The molecule has 0 bridgehead atoms. The van der Waals surface area contributed by atoms with Gasteiger partial charge in [-0.05, 0) is 17.3 Å². The van der Waals surface area contributed by atoms with E-state index in [0.717, 1.165) is 12.2 Å². The largest absolute Gasteiger partial charge is 0.485 e. The first-order chi connectivity index (χ1) is 11.6. The smallest absolute Gasteiger partial charge is 0.292 e. The molecule has 1 aliphatic rings. The molecule has 3 rings (SSSR count). The van der Waals surface area contributed by atoms with Gasteiger partial charge in [0.2, 0.25) is 5.76 Å². The Morgan fingerprint density at radius 3 is 3.00 bits per heavy atom. The minimum atomic E-state index is -0.212. The van der Waals surface area contributed by atoms with Crippen LogP contribution in [0.3, 0.4) is 0 Å². The van der Waals surface area contributed by atoms with Crippen molar-refractivity contribution in [2.24, 2.45) is 0 Å². The van der Waals surface area contributed by atoms with E-state index in [2.05, 4.69) is 10.1 Å². The monoisotopic (exact) mass is 332 g/mol. The Morgan fingerprint density at radius 1 is 1.46 bits per heavy atom. The molecule has 8 heteroatoms. The summed E-state index contributed by atoms with van der Waals surface area (Å²) in [7, 11) is 5.30. The van der Waals surface area contributed by atoms with Gasteiger partial charge in [0, 0.05) is 33.3 Å². The van der Waals surface area contributed by atoms with Crippen molar-refractivity contribution in [3.8, 4) is 11.6 Å². The molecule has 1 atom stereocenters. The maximum absolute atomic E-state index is 12.4. The van der Waals surface area contributed by atoms with Gasteiger partial charge in [0.25, 0.3) is 11.8 Å². The predicted octanol–water partition coefficient (Wildman–Crippen LogP) is 1.44. The van der Waals surface area contributed by atoms with Crippen LogP contribution in [0.5, 0.6) is 11.6 Å². The second-order valence-corrected chi connectivity index (χ2v) is 5.73. The summed E-state index contributed by atoms with van der Waals surface area (Å²) in [5.74, 6) is 1.72. The minimum absolute atomic E-state index is 0.0818. The van der Waals surface area contributed by atoms with Crippen molar-refractivity contribution < 1.29 is 18.8 Å². The van der Waals surface area contributed by atoms with Crippen LogP contribution in [0.4, 0.5) is 5.82 Å². The maximum Gasteiger partial charge on any atom is 0.292 e. The quantitative estimate of drug-likeness (QED) is 0.819. The van der Waals surface area contributed by atoms with E-state index >= 15 is 0 Å². The van der Waals surface area contributed by atoms with Crippen LogP contribution in [0, 0.1) is 0 Å². The molecule has 8 nitrogen and oxygen atoms in total. The van der Waals surface area contributed by atoms with Crippen molar-refractivity contribution in [3.05, 3.63) is 30.2 Å². The van der Waals surface area contributed by atoms with Gasteiger partial charge < -0.3 is 23.8 Å².